The zero-order chi connectivity index (χ0) is 13.0. The zero-order valence-corrected chi connectivity index (χ0v) is 11.9. The quantitative estimate of drug-likeness (QED) is 0.889. The highest BCUT2D eigenvalue weighted by Crippen LogP contribution is 2.23. The van der Waals surface area contributed by atoms with Crippen molar-refractivity contribution in [2.45, 2.75) is 13.0 Å². The number of likely N-dealkylation sites (N-methyl/N-ethyl adjacent to an activating group) is 1. The maximum Gasteiger partial charge on any atom is 0.237 e. The SMILES string of the molecule is CC(c1cccs1)N(C)C(=O)CN1CCNCC1. The summed E-state index contributed by atoms with van der Waals surface area (Å²) in [5.74, 6) is 0.206. The molecule has 1 fully saturated rings. The van der Waals surface area contributed by atoms with Crippen molar-refractivity contribution in [1.82, 2.24) is 15.1 Å². The van der Waals surface area contributed by atoms with E-state index in [0.717, 1.165) is 26.2 Å². The van der Waals surface area contributed by atoms with Crippen LogP contribution in [0.1, 0.15) is 17.8 Å². The summed E-state index contributed by atoms with van der Waals surface area (Å²) in [7, 11) is 1.90. The molecule has 1 N–H and O–H groups in total. The second-order valence-corrected chi connectivity index (χ2v) is 5.70. The van der Waals surface area contributed by atoms with E-state index in [1.165, 1.54) is 4.88 Å². The Bertz CT molecular complexity index is 374. The van der Waals surface area contributed by atoms with Gasteiger partial charge in [0.15, 0.2) is 0 Å². The molecule has 1 aromatic heterocycles. The van der Waals surface area contributed by atoms with Gasteiger partial charge >= 0.3 is 0 Å². The summed E-state index contributed by atoms with van der Waals surface area (Å²) in [5, 5.41) is 5.35. The van der Waals surface area contributed by atoms with Gasteiger partial charge in [-0.2, -0.15) is 0 Å². The first kappa shape index (κ1) is 13.5. The Labute approximate surface area is 113 Å². The highest BCUT2D eigenvalue weighted by molar-refractivity contribution is 7.10. The first-order valence-corrected chi connectivity index (χ1v) is 7.28. The summed E-state index contributed by atoms with van der Waals surface area (Å²) in [6.45, 7) is 6.52. The maximum absolute atomic E-state index is 12.2. The van der Waals surface area contributed by atoms with E-state index in [0.29, 0.717) is 6.54 Å². The van der Waals surface area contributed by atoms with Crippen LogP contribution in [0.25, 0.3) is 0 Å². The number of hydrogen-bond donors (Lipinski definition) is 1. The summed E-state index contributed by atoms with van der Waals surface area (Å²) in [6.07, 6.45) is 0. The van der Waals surface area contributed by atoms with E-state index in [-0.39, 0.29) is 11.9 Å². The molecule has 1 aromatic rings. The van der Waals surface area contributed by atoms with Gasteiger partial charge in [-0.05, 0) is 18.4 Å². The molecule has 0 saturated carbocycles. The molecular weight excluding hydrogens is 246 g/mol. The van der Waals surface area contributed by atoms with Gasteiger partial charge in [-0.1, -0.05) is 6.07 Å². The minimum atomic E-state index is 0.167. The average molecular weight is 267 g/mol. The van der Waals surface area contributed by atoms with Crippen LogP contribution in [0, 0.1) is 0 Å². The molecule has 2 rings (SSSR count). The Morgan fingerprint density at radius 3 is 2.89 bits per heavy atom. The van der Waals surface area contributed by atoms with Gasteiger partial charge in [0, 0.05) is 38.1 Å². The van der Waals surface area contributed by atoms with Crippen LogP contribution in [0.15, 0.2) is 17.5 Å². The molecule has 1 aliphatic rings. The third-order valence-electron chi connectivity index (χ3n) is 3.50. The molecule has 0 aliphatic carbocycles. The van der Waals surface area contributed by atoms with Crippen LogP contribution in [-0.2, 0) is 4.79 Å². The molecule has 0 spiro atoms. The second kappa shape index (κ2) is 6.31. The van der Waals surface area contributed by atoms with E-state index in [4.69, 9.17) is 0 Å². The monoisotopic (exact) mass is 267 g/mol. The Morgan fingerprint density at radius 2 is 2.28 bits per heavy atom. The van der Waals surface area contributed by atoms with Gasteiger partial charge in [0.05, 0.1) is 12.6 Å². The van der Waals surface area contributed by atoms with Crippen LogP contribution in [0.4, 0.5) is 0 Å². The van der Waals surface area contributed by atoms with Crippen molar-refractivity contribution in [3.63, 3.8) is 0 Å². The predicted molar refractivity (Wildman–Crippen MR) is 74.8 cm³/mol. The van der Waals surface area contributed by atoms with Gasteiger partial charge < -0.3 is 10.2 Å². The number of thiophene rings is 1. The van der Waals surface area contributed by atoms with Crippen LogP contribution in [0.3, 0.4) is 0 Å². The Kier molecular flexibility index (Phi) is 4.74. The first-order valence-electron chi connectivity index (χ1n) is 6.40. The molecule has 4 nitrogen and oxygen atoms in total. The molecular formula is C13H21N3OS. The Morgan fingerprint density at radius 1 is 1.56 bits per heavy atom. The zero-order valence-electron chi connectivity index (χ0n) is 11.1. The third kappa shape index (κ3) is 3.31. The molecule has 5 heteroatoms. The second-order valence-electron chi connectivity index (χ2n) is 4.72. The topological polar surface area (TPSA) is 35.6 Å². The molecule has 1 amide bonds. The Balaban J connectivity index is 1.87. The largest absolute Gasteiger partial charge is 0.337 e. The van der Waals surface area contributed by atoms with Crippen molar-refractivity contribution in [3.8, 4) is 0 Å². The third-order valence-corrected chi connectivity index (χ3v) is 4.54. The Hall–Kier alpha value is -0.910. The fraction of sp³-hybridized carbons (Fsp3) is 0.615. The lowest BCUT2D eigenvalue weighted by molar-refractivity contribution is -0.133. The van der Waals surface area contributed by atoms with Crippen LogP contribution in [-0.4, -0.2) is 55.5 Å². The molecule has 18 heavy (non-hydrogen) atoms. The van der Waals surface area contributed by atoms with Crippen molar-refractivity contribution in [2.75, 3.05) is 39.8 Å². The molecule has 2 heterocycles. The fourth-order valence-corrected chi connectivity index (χ4v) is 2.93. The standard InChI is InChI=1S/C13H21N3OS/c1-11(12-4-3-9-18-12)15(2)13(17)10-16-7-5-14-6-8-16/h3-4,9,11,14H,5-8,10H2,1-2H3. The minimum Gasteiger partial charge on any atom is -0.337 e. The molecule has 1 saturated heterocycles. The number of nitrogens with one attached hydrogen (secondary N) is 1. The number of hydrogen-bond acceptors (Lipinski definition) is 4. The smallest absolute Gasteiger partial charge is 0.237 e. The highest BCUT2D eigenvalue weighted by Gasteiger charge is 2.21. The molecule has 1 aliphatic heterocycles. The van der Waals surface area contributed by atoms with E-state index in [1.54, 1.807) is 11.3 Å². The lowest BCUT2D eigenvalue weighted by Gasteiger charge is -2.30. The van der Waals surface area contributed by atoms with Gasteiger partial charge in [0.2, 0.25) is 5.91 Å². The van der Waals surface area contributed by atoms with Crippen molar-refractivity contribution < 1.29 is 4.79 Å². The lowest BCUT2D eigenvalue weighted by atomic mass is 10.2. The van der Waals surface area contributed by atoms with Crippen molar-refractivity contribution in [1.29, 1.82) is 0 Å². The fourth-order valence-electron chi connectivity index (χ4n) is 2.11. The van der Waals surface area contributed by atoms with Crippen LogP contribution in [0.5, 0.6) is 0 Å². The number of rotatable bonds is 4. The van der Waals surface area contributed by atoms with E-state index in [2.05, 4.69) is 28.6 Å². The van der Waals surface area contributed by atoms with Gasteiger partial charge in [0.25, 0.3) is 0 Å². The minimum absolute atomic E-state index is 0.167. The first-order chi connectivity index (χ1) is 8.68. The van der Waals surface area contributed by atoms with E-state index < -0.39 is 0 Å². The molecule has 1 atom stereocenters. The van der Waals surface area contributed by atoms with Gasteiger partial charge in [0.1, 0.15) is 0 Å². The molecule has 0 bridgehead atoms. The highest BCUT2D eigenvalue weighted by atomic mass is 32.1. The normalized spacial score (nSPS) is 18.6. The van der Waals surface area contributed by atoms with Gasteiger partial charge in [-0.25, -0.2) is 0 Å². The molecule has 100 valence electrons. The lowest BCUT2D eigenvalue weighted by Crippen LogP contribution is -2.48. The van der Waals surface area contributed by atoms with E-state index in [9.17, 15) is 4.79 Å². The summed E-state index contributed by atoms with van der Waals surface area (Å²) in [6, 6.07) is 4.29. The average Bonchev–Trinajstić information content (AvgIpc) is 2.92. The molecule has 1 unspecified atom stereocenters. The van der Waals surface area contributed by atoms with Crippen molar-refractivity contribution in [2.24, 2.45) is 0 Å². The molecule has 0 aromatic carbocycles. The van der Waals surface area contributed by atoms with Crippen molar-refractivity contribution >= 4 is 17.2 Å². The van der Waals surface area contributed by atoms with Crippen LogP contribution < -0.4 is 5.32 Å². The summed E-state index contributed by atoms with van der Waals surface area (Å²) in [4.78, 5) is 17.5. The summed E-state index contributed by atoms with van der Waals surface area (Å²) in [5.41, 5.74) is 0. The number of nitrogens with zero attached hydrogens (tertiary/aromatic N) is 2. The van der Waals surface area contributed by atoms with Crippen molar-refractivity contribution in [3.05, 3.63) is 22.4 Å². The summed E-state index contributed by atoms with van der Waals surface area (Å²) >= 11 is 1.71. The number of carbonyl (C=O) groups excluding carboxylic acids is 1. The van der Waals surface area contributed by atoms with Gasteiger partial charge in [-0.3, -0.25) is 9.69 Å². The maximum atomic E-state index is 12.2. The van der Waals surface area contributed by atoms with E-state index >= 15 is 0 Å². The molecule has 0 radical (unpaired) electrons. The van der Waals surface area contributed by atoms with Gasteiger partial charge in [-0.15, -0.1) is 11.3 Å². The predicted octanol–water partition coefficient (Wildman–Crippen LogP) is 1.17. The van der Waals surface area contributed by atoms with Crippen LogP contribution in [0.2, 0.25) is 0 Å². The number of piperazine rings is 1. The van der Waals surface area contributed by atoms with E-state index in [1.807, 2.05) is 18.0 Å². The number of carbonyl (C=O) groups is 1. The summed E-state index contributed by atoms with van der Waals surface area (Å²) < 4.78 is 0. The van der Waals surface area contributed by atoms with Crippen LogP contribution >= 0.6 is 11.3 Å². The number of amides is 1.